The molecule has 0 atom stereocenters. The van der Waals surface area contributed by atoms with Crippen molar-refractivity contribution in [3.8, 4) is 11.3 Å². The molecule has 7 nitrogen and oxygen atoms in total. The number of sulfonamides is 1. The second kappa shape index (κ2) is 8.83. The van der Waals surface area contributed by atoms with E-state index in [4.69, 9.17) is 4.74 Å². The summed E-state index contributed by atoms with van der Waals surface area (Å²) in [5.41, 5.74) is 2.94. The predicted octanol–water partition coefficient (Wildman–Crippen LogP) is 3.46. The highest BCUT2D eigenvalue weighted by molar-refractivity contribution is 7.89. The van der Waals surface area contributed by atoms with Gasteiger partial charge in [-0.2, -0.15) is 0 Å². The van der Waals surface area contributed by atoms with Crippen LogP contribution in [0.15, 0.2) is 58.8 Å². The zero-order valence-corrected chi connectivity index (χ0v) is 17.9. The van der Waals surface area contributed by atoms with E-state index in [1.54, 1.807) is 43.5 Å². The number of thiazole rings is 1. The Morgan fingerprint density at radius 2 is 1.76 bits per heavy atom. The van der Waals surface area contributed by atoms with Gasteiger partial charge in [-0.3, -0.25) is 10.1 Å². The van der Waals surface area contributed by atoms with E-state index < -0.39 is 10.0 Å². The predicted molar refractivity (Wildman–Crippen MR) is 114 cm³/mol. The van der Waals surface area contributed by atoms with Crippen molar-refractivity contribution in [1.29, 1.82) is 0 Å². The minimum absolute atomic E-state index is 0.215. The van der Waals surface area contributed by atoms with Crippen LogP contribution in [0.2, 0.25) is 0 Å². The Balaban J connectivity index is 1.71. The molecule has 3 aromatic rings. The van der Waals surface area contributed by atoms with Crippen molar-refractivity contribution in [1.82, 2.24) is 9.29 Å². The monoisotopic (exact) mass is 431 g/mol. The molecule has 0 spiro atoms. The minimum atomic E-state index is -3.47. The number of carbonyl (C=O) groups is 1. The molecule has 0 aliphatic rings. The highest BCUT2D eigenvalue weighted by Gasteiger charge is 2.17. The largest absolute Gasteiger partial charge is 0.380 e. The van der Waals surface area contributed by atoms with Crippen LogP contribution in [0.3, 0.4) is 0 Å². The van der Waals surface area contributed by atoms with Crippen molar-refractivity contribution >= 4 is 32.4 Å². The number of carbonyl (C=O) groups excluding carboxylic acids is 1. The SMILES string of the molecule is COCc1ccc(C(=O)Nc2nc(-c3ccc(S(=O)(=O)N(C)C)cc3)cs2)cc1. The van der Waals surface area contributed by atoms with E-state index in [0.717, 1.165) is 11.1 Å². The molecule has 1 aromatic heterocycles. The van der Waals surface area contributed by atoms with Crippen LogP contribution in [-0.2, 0) is 21.4 Å². The fourth-order valence-corrected chi connectivity index (χ4v) is 4.18. The maximum atomic E-state index is 12.4. The lowest BCUT2D eigenvalue weighted by molar-refractivity contribution is 0.102. The van der Waals surface area contributed by atoms with Crippen LogP contribution in [-0.4, -0.2) is 44.8 Å². The Morgan fingerprint density at radius 3 is 2.34 bits per heavy atom. The first kappa shape index (κ1) is 21.1. The molecule has 9 heteroatoms. The lowest BCUT2D eigenvalue weighted by atomic mass is 10.1. The maximum Gasteiger partial charge on any atom is 0.257 e. The van der Waals surface area contributed by atoms with E-state index in [1.165, 1.54) is 29.7 Å². The molecule has 0 radical (unpaired) electrons. The second-order valence-electron chi connectivity index (χ2n) is 6.43. The van der Waals surface area contributed by atoms with Crippen LogP contribution in [0, 0.1) is 0 Å². The molecule has 0 saturated carbocycles. The molecule has 0 aliphatic heterocycles. The van der Waals surface area contributed by atoms with Gasteiger partial charge in [-0.15, -0.1) is 11.3 Å². The number of amides is 1. The summed E-state index contributed by atoms with van der Waals surface area (Å²) in [7, 11) is 1.13. The first-order valence-corrected chi connectivity index (χ1v) is 11.0. The third kappa shape index (κ3) is 4.88. The number of hydrogen-bond donors (Lipinski definition) is 1. The lowest BCUT2D eigenvalue weighted by Gasteiger charge is -2.11. The maximum absolute atomic E-state index is 12.4. The highest BCUT2D eigenvalue weighted by atomic mass is 32.2. The summed E-state index contributed by atoms with van der Waals surface area (Å²) in [6.07, 6.45) is 0. The third-order valence-corrected chi connectivity index (χ3v) is 6.77. The number of benzene rings is 2. The Hall–Kier alpha value is -2.59. The summed E-state index contributed by atoms with van der Waals surface area (Å²) >= 11 is 1.30. The second-order valence-corrected chi connectivity index (χ2v) is 9.44. The van der Waals surface area contributed by atoms with Crippen molar-refractivity contribution in [3.05, 3.63) is 65.0 Å². The lowest BCUT2D eigenvalue weighted by Crippen LogP contribution is -2.22. The Morgan fingerprint density at radius 1 is 1.10 bits per heavy atom. The van der Waals surface area contributed by atoms with Gasteiger partial charge in [-0.25, -0.2) is 17.7 Å². The van der Waals surface area contributed by atoms with Crippen molar-refractivity contribution in [2.75, 3.05) is 26.5 Å². The van der Waals surface area contributed by atoms with Crippen LogP contribution in [0.25, 0.3) is 11.3 Å². The highest BCUT2D eigenvalue weighted by Crippen LogP contribution is 2.26. The van der Waals surface area contributed by atoms with Crippen LogP contribution in [0.4, 0.5) is 5.13 Å². The average molecular weight is 432 g/mol. The van der Waals surface area contributed by atoms with Gasteiger partial charge in [-0.1, -0.05) is 24.3 Å². The van der Waals surface area contributed by atoms with Gasteiger partial charge < -0.3 is 4.74 Å². The number of ether oxygens (including phenoxy) is 1. The first-order chi connectivity index (χ1) is 13.8. The number of nitrogens with zero attached hydrogens (tertiary/aromatic N) is 2. The van der Waals surface area contributed by atoms with Crippen molar-refractivity contribution in [2.45, 2.75) is 11.5 Å². The molecule has 0 aliphatic carbocycles. The molecule has 0 bridgehead atoms. The van der Waals surface area contributed by atoms with Gasteiger partial charge in [0.25, 0.3) is 5.91 Å². The first-order valence-electron chi connectivity index (χ1n) is 8.69. The molecular weight excluding hydrogens is 410 g/mol. The van der Waals surface area contributed by atoms with E-state index in [2.05, 4.69) is 10.3 Å². The molecule has 0 saturated heterocycles. The molecule has 1 amide bonds. The van der Waals surface area contributed by atoms with Gasteiger partial charge in [0, 0.05) is 37.7 Å². The fraction of sp³-hybridized carbons (Fsp3) is 0.200. The van der Waals surface area contributed by atoms with Gasteiger partial charge >= 0.3 is 0 Å². The number of methoxy groups -OCH3 is 1. The van der Waals surface area contributed by atoms with Crippen molar-refractivity contribution in [3.63, 3.8) is 0 Å². The minimum Gasteiger partial charge on any atom is -0.380 e. The van der Waals surface area contributed by atoms with Crippen LogP contribution in [0.5, 0.6) is 0 Å². The molecule has 1 N–H and O–H groups in total. The zero-order chi connectivity index (χ0) is 21.0. The van der Waals surface area contributed by atoms with Gasteiger partial charge in [0.1, 0.15) is 0 Å². The molecule has 3 rings (SSSR count). The quantitative estimate of drug-likeness (QED) is 0.619. The molecule has 0 unspecified atom stereocenters. The smallest absolute Gasteiger partial charge is 0.257 e. The molecule has 1 heterocycles. The van der Waals surface area contributed by atoms with Gasteiger partial charge in [0.15, 0.2) is 5.13 Å². The van der Waals surface area contributed by atoms with E-state index in [0.29, 0.717) is 23.0 Å². The van der Waals surface area contributed by atoms with Crippen molar-refractivity contribution < 1.29 is 17.9 Å². The Bertz CT molecular complexity index is 1090. The van der Waals surface area contributed by atoms with E-state index in [9.17, 15) is 13.2 Å². The summed E-state index contributed by atoms with van der Waals surface area (Å²) in [5, 5.41) is 5.07. The van der Waals surface area contributed by atoms with Gasteiger partial charge in [0.2, 0.25) is 10.0 Å². The molecular formula is C20H21N3O4S2. The van der Waals surface area contributed by atoms with E-state index in [1.807, 2.05) is 17.5 Å². The van der Waals surface area contributed by atoms with E-state index in [-0.39, 0.29) is 10.8 Å². The normalized spacial score (nSPS) is 11.6. The molecule has 0 fully saturated rings. The van der Waals surface area contributed by atoms with Gasteiger partial charge in [-0.05, 0) is 29.8 Å². The summed E-state index contributed by atoms with van der Waals surface area (Å²) in [6, 6.07) is 13.7. The Labute approximate surface area is 174 Å². The number of aromatic nitrogens is 1. The summed E-state index contributed by atoms with van der Waals surface area (Å²) in [6.45, 7) is 0.492. The topological polar surface area (TPSA) is 88.6 Å². The average Bonchev–Trinajstić information content (AvgIpc) is 3.17. The molecule has 29 heavy (non-hydrogen) atoms. The summed E-state index contributed by atoms with van der Waals surface area (Å²) in [4.78, 5) is 17.0. The zero-order valence-electron chi connectivity index (χ0n) is 16.2. The van der Waals surface area contributed by atoms with Crippen LogP contribution in [0.1, 0.15) is 15.9 Å². The summed E-state index contributed by atoms with van der Waals surface area (Å²) < 4.78 is 30.5. The number of rotatable bonds is 7. The number of anilines is 1. The van der Waals surface area contributed by atoms with Crippen molar-refractivity contribution in [2.24, 2.45) is 0 Å². The summed E-state index contributed by atoms with van der Waals surface area (Å²) in [5.74, 6) is -0.248. The fourth-order valence-electron chi connectivity index (χ4n) is 2.56. The standard InChI is InChI=1S/C20H21N3O4S2/c1-23(2)29(25,26)17-10-8-15(9-11-17)18-13-28-20(21-18)22-19(24)16-6-4-14(5-7-16)12-27-3/h4-11,13H,12H2,1-3H3,(H,21,22,24). The molecule has 152 valence electrons. The Kier molecular flexibility index (Phi) is 6.43. The van der Waals surface area contributed by atoms with Gasteiger partial charge in [0.05, 0.1) is 17.2 Å². The van der Waals surface area contributed by atoms with Crippen LogP contribution < -0.4 is 5.32 Å². The number of hydrogen-bond acceptors (Lipinski definition) is 6. The third-order valence-electron chi connectivity index (χ3n) is 4.18. The number of nitrogens with one attached hydrogen (secondary N) is 1. The molecule has 2 aromatic carbocycles. The van der Waals surface area contributed by atoms with E-state index >= 15 is 0 Å². The van der Waals surface area contributed by atoms with Crippen LogP contribution >= 0.6 is 11.3 Å².